The Morgan fingerprint density at radius 3 is 2.33 bits per heavy atom. The maximum atomic E-state index is 13.3. The van der Waals surface area contributed by atoms with Crippen LogP contribution in [-0.4, -0.2) is 41.2 Å². The summed E-state index contributed by atoms with van der Waals surface area (Å²) in [4.78, 5) is 15.6. The Hall–Kier alpha value is -2.46. The summed E-state index contributed by atoms with van der Waals surface area (Å²) in [6, 6.07) is 15.0. The van der Waals surface area contributed by atoms with Crippen LogP contribution in [0, 0.1) is 26.7 Å². The summed E-state index contributed by atoms with van der Waals surface area (Å²) in [7, 11) is 0. The molecular weight excluding hydrogens is 370 g/mol. The van der Waals surface area contributed by atoms with Crippen molar-refractivity contribution in [3.63, 3.8) is 0 Å². The first kappa shape index (κ1) is 20.8. The van der Waals surface area contributed by atoms with E-state index in [0.29, 0.717) is 6.54 Å². The summed E-state index contributed by atoms with van der Waals surface area (Å²) in [6.45, 7) is 11.1. The molecule has 158 valence electrons. The van der Waals surface area contributed by atoms with Crippen LogP contribution < -0.4 is 0 Å². The Labute approximate surface area is 180 Å². The third kappa shape index (κ3) is 4.49. The highest BCUT2D eigenvalue weighted by Crippen LogP contribution is 2.34. The maximum Gasteiger partial charge on any atom is 0.257 e. The maximum absolute atomic E-state index is 13.3. The predicted molar refractivity (Wildman–Crippen MR) is 123 cm³/mol. The van der Waals surface area contributed by atoms with E-state index in [2.05, 4.69) is 75.1 Å². The number of carbonyl (C=O) groups is 1. The molecule has 1 saturated heterocycles. The molecule has 4 heteroatoms. The zero-order valence-corrected chi connectivity index (χ0v) is 18.7. The molecule has 2 aromatic rings. The van der Waals surface area contributed by atoms with Gasteiger partial charge in [0.1, 0.15) is 0 Å². The van der Waals surface area contributed by atoms with Crippen LogP contribution in [0.15, 0.2) is 47.6 Å². The third-order valence-electron chi connectivity index (χ3n) is 6.56. The van der Waals surface area contributed by atoms with Crippen LogP contribution in [0.3, 0.4) is 0 Å². The summed E-state index contributed by atoms with van der Waals surface area (Å²) in [5.41, 5.74) is 7.02. The number of amides is 1. The molecule has 0 spiro atoms. The van der Waals surface area contributed by atoms with Crippen LogP contribution in [-0.2, 0) is 4.79 Å². The second kappa shape index (κ2) is 8.73. The van der Waals surface area contributed by atoms with Crippen molar-refractivity contribution in [3.05, 3.63) is 70.3 Å². The lowest BCUT2D eigenvalue weighted by Gasteiger charge is -2.31. The Bertz CT molecular complexity index is 939. The lowest BCUT2D eigenvalue weighted by atomic mass is 9.95. The number of piperidine rings is 1. The van der Waals surface area contributed by atoms with Crippen molar-refractivity contribution < 1.29 is 4.79 Å². The van der Waals surface area contributed by atoms with Crippen LogP contribution in [0.25, 0.3) is 0 Å². The molecule has 0 radical (unpaired) electrons. The van der Waals surface area contributed by atoms with Crippen molar-refractivity contribution in [1.82, 2.24) is 9.91 Å². The summed E-state index contributed by atoms with van der Waals surface area (Å²) in [5, 5.41) is 6.64. The van der Waals surface area contributed by atoms with Gasteiger partial charge in [-0.2, -0.15) is 5.10 Å². The second-order valence-corrected chi connectivity index (χ2v) is 9.19. The molecular formula is C26H33N3O. The van der Waals surface area contributed by atoms with E-state index in [4.69, 9.17) is 5.10 Å². The minimum absolute atomic E-state index is 0.0301. The van der Waals surface area contributed by atoms with Crippen LogP contribution in [0.4, 0.5) is 0 Å². The lowest BCUT2D eigenvalue weighted by molar-refractivity contribution is -0.134. The first-order valence-electron chi connectivity index (χ1n) is 11.2. The first-order valence-corrected chi connectivity index (χ1v) is 11.2. The Morgan fingerprint density at radius 1 is 1.00 bits per heavy atom. The summed E-state index contributed by atoms with van der Waals surface area (Å²) in [6.07, 6.45) is 3.10. The van der Waals surface area contributed by atoms with Gasteiger partial charge in [-0.3, -0.25) is 9.69 Å². The quantitative estimate of drug-likeness (QED) is 0.718. The van der Waals surface area contributed by atoms with Gasteiger partial charge in [-0.05, 0) is 63.7 Å². The lowest BCUT2D eigenvalue weighted by Crippen LogP contribution is -2.41. The Morgan fingerprint density at radius 2 is 1.67 bits per heavy atom. The van der Waals surface area contributed by atoms with Gasteiger partial charge in [-0.1, -0.05) is 60.5 Å². The number of benzene rings is 2. The molecule has 0 saturated carbocycles. The second-order valence-electron chi connectivity index (χ2n) is 9.19. The van der Waals surface area contributed by atoms with Crippen LogP contribution in [0.1, 0.15) is 60.0 Å². The van der Waals surface area contributed by atoms with Crippen molar-refractivity contribution in [2.75, 3.05) is 19.6 Å². The molecule has 4 nitrogen and oxygen atoms in total. The molecule has 2 aromatic carbocycles. The van der Waals surface area contributed by atoms with Gasteiger partial charge in [-0.25, -0.2) is 5.01 Å². The number of rotatable bonds is 4. The van der Waals surface area contributed by atoms with Crippen LogP contribution in [0.2, 0.25) is 0 Å². The topological polar surface area (TPSA) is 35.9 Å². The van der Waals surface area contributed by atoms with E-state index < -0.39 is 0 Å². The largest absolute Gasteiger partial charge is 0.294 e. The fourth-order valence-electron chi connectivity index (χ4n) is 4.57. The van der Waals surface area contributed by atoms with Gasteiger partial charge in [-0.15, -0.1) is 0 Å². The molecule has 1 unspecified atom stereocenters. The normalized spacial score (nSPS) is 20.5. The highest BCUT2D eigenvalue weighted by atomic mass is 16.2. The van der Waals surface area contributed by atoms with E-state index >= 15 is 0 Å². The summed E-state index contributed by atoms with van der Waals surface area (Å²) < 4.78 is 0. The molecule has 1 fully saturated rings. The molecule has 2 aliphatic heterocycles. The average Bonchev–Trinajstić information content (AvgIpc) is 3.15. The van der Waals surface area contributed by atoms with E-state index in [1.165, 1.54) is 29.5 Å². The molecule has 0 N–H and O–H groups in total. The molecule has 2 aliphatic rings. The molecule has 2 heterocycles. The summed E-state index contributed by atoms with van der Waals surface area (Å²) >= 11 is 0. The number of hydrogen-bond donors (Lipinski definition) is 0. The van der Waals surface area contributed by atoms with E-state index in [9.17, 15) is 4.79 Å². The smallest absolute Gasteiger partial charge is 0.257 e. The Kier molecular flexibility index (Phi) is 6.05. The fraction of sp³-hybridized carbons (Fsp3) is 0.462. The molecule has 0 aromatic heterocycles. The highest BCUT2D eigenvalue weighted by Gasteiger charge is 2.34. The van der Waals surface area contributed by atoms with Gasteiger partial charge >= 0.3 is 0 Å². The number of nitrogens with zero attached hydrogens (tertiary/aromatic N) is 3. The van der Waals surface area contributed by atoms with Crippen molar-refractivity contribution in [2.24, 2.45) is 11.0 Å². The third-order valence-corrected chi connectivity index (χ3v) is 6.56. The van der Waals surface area contributed by atoms with Gasteiger partial charge in [0.25, 0.3) is 5.91 Å². The minimum atomic E-state index is -0.0301. The summed E-state index contributed by atoms with van der Waals surface area (Å²) in [5.74, 6) is 0.868. The van der Waals surface area contributed by atoms with Crippen molar-refractivity contribution in [1.29, 1.82) is 0 Å². The number of hydrogen-bond acceptors (Lipinski definition) is 3. The van der Waals surface area contributed by atoms with Gasteiger partial charge in [0.05, 0.1) is 18.3 Å². The molecule has 0 aliphatic carbocycles. The van der Waals surface area contributed by atoms with Crippen LogP contribution in [0.5, 0.6) is 0 Å². The molecule has 30 heavy (non-hydrogen) atoms. The van der Waals surface area contributed by atoms with Crippen molar-refractivity contribution >= 4 is 11.6 Å². The zero-order chi connectivity index (χ0) is 21.3. The van der Waals surface area contributed by atoms with Gasteiger partial charge in [0.2, 0.25) is 0 Å². The van der Waals surface area contributed by atoms with E-state index in [-0.39, 0.29) is 11.9 Å². The number of hydrazone groups is 1. The number of likely N-dealkylation sites (tertiary alicyclic amines) is 1. The molecule has 0 bridgehead atoms. The van der Waals surface area contributed by atoms with Gasteiger partial charge in [0.15, 0.2) is 0 Å². The van der Waals surface area contributed by atoms with E-state index in [1.807, 2.05) is 0 Å². The zero-order valence-electron chi connectivity index (χ0n) is 18.7. The SMILES string of the molecule is Cc1ccc(C2CC(c3ccc(C)cc3C)=NN2C(=O)CN2CCC(C)CC2)cc1. The highest BCUT2D eigenvalue weighted by molar-refractivity contribution is 6.04. The van der Waals surface area contributed by atoms with E-state index in [1.54, 1.807) is 5.01 Å². The number of carbonyl (C=O) groups excluding carboxylic acids is 1. The van der Waals surface area contributed by atoms with Gasteiger partial charge < -0.3 is 0 Å². The van der Waals surface area contributed by atoms with Crippen LogP contribution >= 0.6 is 0 Å². The van der Waals surface area contributed by atoms with E-state index in [0.717, 1.165) is 42.3 Å². The van der Waals surface area contributed by atoms with Crippen molar-refractivity contribution in [3.8, 4) is 0 Å². The number of aryl methyl sites for hydroxylation is 3. The monoisotopic (exact) mass is 403 g/mol. The minimum Gasteiger partial charge on any atom is -0.294 e. The molecule has 1 atom stereocenters. The van der Waals surface area contributed by atoms with Gasteiger partial charge in [0, 0.05) is 12.0 Å². The average molecular weight is 404 g/mol. The standard InChI is InChI=1S/C26H33N3O/c1-18-5-8-22(9-6-18)25-16-24(23-10-7-20(3)15-21(23)4)27-29(25)26(30)17-28-13-11-19(2)12-14-28/h5-10,15,19,25H,11-14,16-17H2,1-4H3. The fourth-order valence-corrected chi connectivity index (χ4v) is 4.57. The molecule has 1 amide bonds. The Balaban J connectivity index is 1.60. The van der Waals surface area contributed by atoms with Crippen molar-refractivity contribution in [2.45, 2.75) is 53.0 Å². The first-order chi connectivity index (χ1) is 14.4. The predicted octanol–water partition coefficient (Wildman–Crippen LogP) is 5.02. The molecule has 4 rings (SSSR count).